The molecule has 7 heteroatoms. The molecule has 0 amide bonds. The molecule has 138 valence electrons. The number of hydrogen-bond donors (Lipinski definition) is 2. The summed E-state index contributed by atoms with van der Waals surface area (Å²) in [5.41, 5.74) is 4.74. The number of hydrogen-bond acceptors (Lipinski definition) is 5. The lowest BCUT2D eigenvalue weighted by Gasteiger charge is -2.16. The smallest absolute Gasteiger partial charge is 0.223 e. The Morgan fingerprint density at radius 3 is 2.85 bits per heavy atom. The molecule has 1 saturated carbocycles. The normalized spacial score (nSPS) is 16.2. The first-order valence-corrected chi connectivity index (χ1v) is 9.41. The van der Waals surface area contributed by atoms with Crippen LogP contribution in [-0.4, -0.2) is 32.8 Å². The van der Waals surface area contributed by atoms with Crippen molar-refractivity contribution in [1.29, 1.82) is 0 Å². The third-order valence-electron chi connectivity index (χ3n) is 5.13. The van der Waals surface area contributed by atoms with Crippen LogP contribution < -0.4 is 10.6 Å². The van der Waals surface area contributed by atoms with E-state index in [1.54, 1.807) is 18.3 Å². The van der Waals surface area contributed by atoms with Gasteiger partial charge in [-0.3, -0.25) is 10.00 Å². The molecule has 2 aromatic heterocycles. The summed E-state index contributed by atoms with van der Waals surface area (Å²) in [5.74, 6) is 1.15. The van der Waals surface area contributed by atoms with Crippen LogP contribution in [0.25, 0.3) is 22.5 Å². The molecule has 0 atom stereocenters. The zero-order valence-corrected chi connectivity index (χ0v) is 15.0. The fraction of sp³-hybridized carbons (Fsp3) is 0.350. The Labute approximate surface area is 156 Å². The second-order valence-corrected chi connectivity index (χ2v) is 7.17. The number of nitrogens with zero attached hydrogens (tertiary/aromatic N) is 4. The third-order valence-corrected chi connectivity index (χ3v) is 5.13. The van der Waals surface area contributed by atoms with Crippen LogP contribution in [0.3, 0.4) is 0 Å². The number of aromatic nitrogens is 4. The molecule has 0 bridgehead atoms. The predicted molar refractivity (Wildman–Crippen MR) is 102 cm³/mol. The summed E-state index contributed by atoms with van der Waals surface area (Å²) in [6.07, 6.45) is 5.23. The topological polar surface area (TPSA) is 67.7 Å². The van der Waals surface area contributed by atoms with E-state index in [0.717, 1.165) is 53.6 Å². The Kier molecular flexibility index (Phi) is 4.09. The van der Waals surface area contributed by atoms with Gasteiger partial charge in [-0.2, -0.15) is 5.10 Å². The minimum atomic E-state index is -0.250. The first-order valence-electron chi connectivity index (χ1n) is 9.41. The van der Waals surface area contributed by atoms with Crippen molar-refractivity contribution in [3.05, 3.63) is 48.0 Å². The van der Waals surface area contributed by atoms with E-state index >= 15 is 0 Å². The van der Waals surface area contributed by atoms with Crippen molar-refractivity contribution in [1.82, 2.24) is 25.1 Å². The maximum absolute atomic E-state index is 13.4. The number of rotatable bonds is 5. The van der Waals surface area contributed by atoms with E-state index in [0.29, 0.717) is 12.6 Å². The fourth-order valence-corrected chi connectivity index (χ4v) is 3.49. The van der Waals surface area contributed by atoms with Gasteiger partial charge in [-0.05, 0) is 49.1 Å². The third kappa shape index (κ3) is 3.30. The van der Waals surface area contributed by atoms with E-state index in [4.69, 9.17) is 10.1 Å². The molecule has 1 aromatic carbocycles. The van der Waals surface area contributed by atoms with E-state index < -0.39 is 0 Å². The van der Waals surface area contributed by atoms with Crippen molar-refractivity contribution >= 4 is 5.95 Å². The lowest BCUT2D eigenvalue weighted by molar-refractivity contribution is 0.454. The highest BCUT2D eigenvalue weighted by molar-refractivity contribution is 5.81. The van der Waals surface area contributed by atoms with E-state index in [2.05, 4.69) is 15.6 Å². The quantitative estimate of drug-likeness (QED) is 0.728. The summed E-state index contributed by atoms with van der Waals surface area (Å²) in [6, 6.07) is 8.41. The van der Waals surface area contributed by atoms with Crippen LogP contribution in [-0.2, 0) is 13.1 Å². The molecule has 1 aliphatic carbocycles. The van der Waals surface area contributed by atoms with Gasteiger partial charge in [0.15, 0.2) is 0 Å². The number of anilines is 1. The molecule has 1 aliphatic heterocycles. The lowest BCUT2D eigenvalue weighted by Crippen LogP contribution is -2.29. The number of benzene rings is 1. The number of halogens is 1. The molecule has 6 nitrogen and oxygen atoms in total. The highest BCUT2D eigenvalue weighted by atomic mass is 19.1. The van der Waals surface area contributed by atoms with Gasteiger partial charge in [0.05, 0.1) is 18.1 Å². The maximum Gasteiger partial charge on any atom is 0.223 e. The van der Waals surface area contributed by atoms with Gasteiger partial charge in [0.2, 0.25) is 5.95 Å². The fourth-order valence-electron chi connectivity index (χ4n) is 3.49. The van der Waals surface area contributed by atoms with Crippen molar-refractivity contribution in [2.24, 2.45) is 5.92 Å². The molecule has 27 heavy (non-hydrogen) atoms. The van der Waals surface area contributed by atoms with E-state index in [1.807, 2.05) is 10.7 Å². The van der Waals surface area contributed by atoms with Crippen molar-refractivity contribution in [3.8, 4) is 22.5 Å². The van der Waals surface area contributed by atoms with Crippen molar-refractivity contribution < 1.29 is 4.39 Å². The van der Waals surface area contributed by atoms with Crippen molar-refractivity contribution in [2.75, 3.05) is 18.4 Å². The summed E-state index contributed by atoms with van der Waals surface area (Å²) in [7, 11) is 0. The van der Waals surface area contributed by atoms with Crippen molar-refractivity contribution in [3.63, 3.8) is 0 Å². The molecule has 1 fully saturated rings. The molecular weight excluding hydrogens is 343 g/mol. The maximum atomic E-state index is 13.4. The molecule has 0 saturated heterocycles. The average Bonchev–Trinajstić information content (AvgIpc) is 3.45. The highest BCUT2D eigenvalue weighted by Crippen LogP contribution is 2.35. The highest BCUT2D eigenvalue weighted by Gasteiger charge is 2.24. The largest absolute Gasteiger partial charge is 0.354 e. The van der Waals surface area contributed by atoms with Crippen molar-refractivity contribution in [2.45, 2.75) is 25.9 Å². The molecule has 0 unspecified atom stereocenters. The second kappa shape index (κ2) is 6.74. The standard InChI is InChI=1S/C20H21FN6/c21-15-5-3-14(4-6-15)19-18(17-8-9-22-12-27(17)26-19)16-7-10-23-20(25-16)24-11-13-1-2-13/h3-7,10,13,22H,1-2,8-9,11-12H2,(H,23,24,25). The zero-order chi connectivity index (χ0) is 18.2. The lowest BCUT2D eigenvalue weighted by atomic mass is 10.0. The van der Waals surface area contributed by atoms with Gasteiger partial charge in [-0.25, -0.2) is 14.4 Å². The van der Waals surface area contributed by atoms with Gasteiger partial charge in [0.25, 0.3) is 0 Å². The SMILES string of the molecule is Fc1ccc(-c2nn3c(c2-c2ccnc(NCC4CC4)n2)CCNC3)cc1. The summed E-state index contributed by atoms with van der Waals surface area (Å²) in [5, 5.41) is 11.5. The Morgan fingerprint density at radius 1 is 1.19 bits per heavy atom. The molecule has 3 aromatic rings. The molecule has 5 rings (SSSR count). The van der Waals surface area contributed by atoms with Crippen LogP contribution in [0.5, 0.6) is 0 Å². The van der Waals surface area contributed by atoms with Crippen LogP contribution >= 0.6 is 0 Å². The molecule has 2 N–H and O–H groups in total. The molecule has 0 radical (unpaired) electrons. The van der Waals surface area contributed by atoms with E-state index in [9.17, 15) is 4.39 Å². The Bertz CT molecular complexity index is 961. The monoisotopic (exact) mass is 364 g/mol. The Hall–Kier alpha value is -2.80. The summed E-state index contributed by atoms with van der Waals surface area (Å²) in [6.45, 7) is 2.49. The number of fused-ring (bicyclic) bond motifs is 1. The first kappa shape index (κ1) is 16.4. The van der Waals surface area contributed by atoms with E-state index in [1.165, 1.54) is 25.0 Å². The van der Waals surface area contributed by atoms with Crippen LogP contribution in [0, 0.1) is 11.7 Å². The predicted octanol–water partition coefficient (Wildman–Crippen LogP) is 3.07. The zero-order valence-electron chi connectivity index (χ0n) is 15.0. The van der Waals surface area contributed by atoms with Gasteiger partial charge in [0, 0.05) is 36.8 Å². The van der Waals surface area contributed by atoms with Gasteiger partial charge < -0.3 is 5.32 Å². The van der Waals surface area contributed by atoms with E-state index in [-0.39, 0.29) is 5.82 Å². The van der Waals surface area contributed by atoms with Gasteiger partial charge in [-0.1, -0.05) is 0 Å². The van der Waals surface area contributed by atoms with Gasteiger partial charge >= 0.3 is 0 Å². The minimum absolute atomic E-state index is 0.250. The van der Waals surface area contributed by atoms with Gasteiger partial charge in [-0.15, -0.1) is 0 Å². The van der Waals surface area contributed by atoms with Crippen LogP contribution in [0.4, 0.5) is 10.3 Å². The van der Waals surface area contributed by atoms with Crippen LogP contribution in [0.15, 0.2) is 36.5 Å². The Balaban J connectivity index is 1.58. The Morgan fingerprint density at radius 2 is 2.04 bits per heavy atom. The average molecular weight is 364 g/mol. The second-order valence-electron chi connectivity index (χ2n) is 7.17. The minimum Gasteiger partial charge on any atom is -0.354 e. The van der Waals surface area contributed by atoms with Crippen LogP contribution in [0.2, 0.25) is 0 Å². The number of nitrogens with one attached hydrogen (secondary N) is 2. The summed E-state index contributed by atoms with van der Waals surface area (Å²) >= 11 is 0. The molecular formula is C20H21FN6. The molecule has 0 spiro atoms. The van der Waals surface area contributed by atoms with Gasteiger partial charge in [0.1, 0.15) is 11.5 Å². The molecule has 2 aliphatic rings. The summed E-state index contributed by atoms with van der Waals surface area (Å²) < 4.78 is 15.4. The summed E-state index contributed by atoms with van der Waals surface area (Å²) in [4.78, 5) is 9.12. The molecule has 3 heterocycles. The first-order chi connectivity index (χ1) is 13.3. The van der Waals surface area contributed by atoms with Crippen LogP contribution in [0.1, 0.15) is 18.5 Å².